The Labute approximate surface area is 119 Å². The van der Waals surface area contributed by atoms with E-state index >= 15 is 0 Å². The van der Waals surface area contributed by atoms with Gasteiger partial charge in [-0.15, -0.1) is 5.10 Å². The summed E-state index contributed by atoms with van der Waals surface area (Å²) in [5.74, 6) is 0.992. The van der Waals surface area contributed by atoms with Crippen LogP contribution in [0, 0.1) is 5.92 Å². The van der Waals surface area contributed by atoms with Crippen LogP contribution in [0.2, 0.25) is 0 Å². The molecular weight excluding hydrogens is 252 g/mol. The topological polar surface area (TPSA) is 58.1 Å². The molecule has 0 radical (unpaired) electrons. The lowest BCUT2D eigenvalue weighted by Crippen LogP contribution is -2.40. The molecule has 0 spiro atoms. The summed E-state index contributed by atoms with van der Waals surface area (Å²) in [7, 11) is 0. The van der Waals surface area contributed by atoms with Gasteiger partial charge >= 0.3 is 0 Å². The molecule has 0 unspecified atom stereocenters. The van der Waals surface area contributed by atoms with Crippen molar-refractivity contribution in [1.82, 2.24) is 20.4 Å². The fourth-order valence-electron chi connectivity index (χ4n) is 2.89. The number of carbonyl (C=O) groups excluding carboxylic acids is 1. The van der Waals surface area contributed by atoms with Gasteiger partial charge in [-0.3, -0.25) is 4.79 Å². The summed E-state index contributed by atoms with van der Waals surface area (Å²) in [6.07, 6.45) is 4.20. The molecule has 1 aliphatic heterocycles. The largest absolute Gasteiger partial charge is 0.346 e. The van der Waals surface area contributed by atoms with Gasteiger partial charge in [0.05, 0.1) is 6.20 Å². The van der Waals surface area contributed by atoms with E-state index in [1.807, 2.05) is 6.07 Å². The van der Waals surface area contributed by atoms with Crippen LogP contribution in [0.25, 0.3) is 0 Å². The summed E-state index contributed by atoms with van der Waals surface area (Å²) in [5.41, 5.74) is 1.61. The van der Waals surface area contributed by atoms with E-state index in [-0.39, 0.29) is 11.9 Å². The van der Waals surface area contributed by atoms with Crippen molar-refractivity contribution in [3.63, 3.8) is 0 Å². The fraction of sp³-hybridized carbons (Fsp3) is 0.667. The Morgan fingerprint density at radius 1 is 1.45 bits per heavy atom. The van der Waals surface area contributed by atoms with Crippen molar-refractivity contribution in [2.45, 2.75) is 38.6 Å². The average molecular weight is 274 g/mol. The van der Waals surface area contributed by atoms with E-state index < -0.39 is 0 Å². The maximum Gasteiger partial charge on any atom is 0.272 e. The minimum atomic E-state index is -0.0881. The average Bonchev–Trinajstić information content (AvgIpc) is 3.25. The van der Waals surface area contributed by atoms with Gasteiger partial charge in [-0.05, 0) is 42.9 Å². The molecule has 108 valence electrons. The first kappa shape index (κ1) is 13.5. The molecule has 1 aromatic rings. The summed E-state index contributed by atoms with van der Waals surface area (Å²) in [4.78, 5) is 14.7. The fourth-order valence-corrected chi connectivity index (χ4v) is 2.89. The number of amides is 1. The third kappa shape index (κ3) is 2.82. The molecule has 2 heterocycles. The molecule has 1 saturated heterocycles. The molecule has 1 saturated carbocycles. The van der Waals surface area contributed by atoms with Crippen molar-refractivity contribution in [3.05, 3.63) is 23.5 Å². The van der Waals surface area contributed by atoms with E-state index in [1.165, 1.54) is 12.8 Å². The lowest BCUT2D eigenvalue weighted by Gasteiger charge is -2.16. The van der Waals surface area contributed by atoms with E-state index in [4.69, 9.17) is 0 Å². The molecule has 1 aromatic heterocycles. The highest BCUT2D eigenvalue weighted by molar-refractivity contribution is 5.92. The molecule has 2 aliphatic rings. The van der Waals surface area contributed by atoms with Gasteiger partial charge in [0.2, 0.25) is 0 Å². The number of nitrogens with one attached hydrogen (secondary N) is 1. The molecule has 0 bridgehead atoms. The molecule has 1 aliphatic carbocycles. The van der Waals surface area contributed by atoms with Crippen LogP contribution < -0.4 is 5.32 Å². The molecule has 5 nitrogen and oxygen atoms in total. The lowest BCUT2D eigenvalue weighted by atomic mass is 10.1. The highest BCUT2D eigenvalue weighted by Crippen LogP contribution is 2.39. The third-order valence-corrected chi connectivity index (χ3v) is 4.41. The maximum atomic E-state index is 12.3. The smallest absolute Gasteiger partial charge is 0.272 e. The summed E-state index contributed by atoms with van der Waals surface area (Å²) >= 11 is 0. The number of hydrogen-bond acceptors (Lipinski definition) is 4. The zero-order valence-corrected chi connectivity index (χ0v) is 12.2. The number of rotatable bonds is 4. The highest BCUT2D eigenvalue weighted by atomic mass is 16.2. The zero-order valence-electron chi connectivity index (χ0n) is 12.2. The first-order valence-corrected chi connectivity index (χ1v) is 7.53. The quantitative estimate of drug-likeness (QED) is 0.902. The van der Waals surface area contributed by atoms with Gasteiger partial charge in [0.1, 0.15) is 0 Å². The minimum absolute atomic E-state index is 0.0881. The van der Waals surface area contributed by atoms with Crippen molar-refractivity contribution >= 4 is 5.91 Å². The number of aromatic nitrogens is 2. The monoisotopic (exact) mass is 274 g/mol. The Morgan fingerprint density at radius 2 is 2.25 bits per heavy atom. The number of hydrogen-bond donors (Lipinski definition) is 1. The van der Waals surface area contributed by atoms with Gasteiger partial charge in [0.25, 0.3) is 5.91 Å². The summed E-state index contributed by atoms with van der Waals surface area (Å²) in [5, 5.41) is 11.1. The number of carbonyl (C=O) groups is 1. The first-order valence-electron chi connectivity index (χ1n) is 7.53. The van der Waals surface area contributed by atoms with Crippen LogP contribution in [-0.2, 0) is 0 Å². The van der Waals surface area contributed by atoms with Crippen LogP contribution in [0.1, 0.15) is 48.7 Å². The van der Waals surface area contributed by atoms with Crippen LogP contribution in [-0.4, -0.2) is 46.7 Å². The zero-order chi connectivity index (χ0) is 14.1. The van der Waals surface area contributed by atoms with Gasteiger partial charge in [0.15, 0.2) is 5.69 Å². The Kier molecular flexibility index (Phi) is 3.70. The molecule has 3 rings (SSSR count). The molecule has 2 atom stereocenters. The van der Waals surface area contributed by atoms with Gasteiger partial charge in [-0.25, -0.2) is 0 Å². The van der Waals surface area contributed by atoms with Gasteiger partial charge in [0, 0.05) is 19.1 Å². The first-order chi connectivity index (χ1) is 9.67. The van der Waals surface area contributed by atoms with E-state index in [9.17, 15) is 4.79 Å². The summed E-state index contributed by atoms with van der Waals surface area (Å²) in [6, 6.07) is 2.12. The number of likely N-dealkylation sites (N-methyl/N-ethyl adjacent to an activating group) is 1. The highest BCUT2D eigenvalue weighted by Gasteiger charge is 2.31. The Bertz CT molecular complexity index is 500. The standard InChI is InChI=1S/C15H22N4O/c1-3-19-8-10(2)14(9-19)17-15(20)13-6-12(7-16-18-13)11-4-5-11/h6-7,10-11,14H,3-5,8-9H2,1-2H3,(H,17,20)/t10-,14+/m0/s1. The van der Waals surface area contributed by atoms with Crippen LogP contribution in [0.5, 0.6) is 0 Å². The Balaban J connectivity index is 1.65. The molecule has 20 heavy (non-hydrogen) atoms. The second-order valence-electron chi connectivity index (χ2n) is 6.06. The number of nitrogens with zero attached hydrogens (tertiary/aromatic N) is 3. The van der Waals surface area contributed by atoms with Crippen molar-refractivity contribution in [3.8, 4) is 0 Å². The van der Waals surface area contributed by atoms with Gasteiger partial charge in [-0.1, -0.05) is 13.8 Å². The van der Waals surface area contributed by atoms with Crippen LogP contribution >= 0.6 is 0 Å². The van der Waals surface area contributed by atoms with Crippen molar-refractivity contribution in [2.24, 2.45) is 5.92 Å². The van der Waals surface area contributed by atoms with Crippen LogP contribution in [0.15, 0.2) is 12.3 Å². The van der Waals surface area contributed by atoms with Gasteiger partial charge in [-0.2, -0.15) is 5.10 Å². The van der Waals surface area contributed by atoms with E-state index in [1.54, 1.807) is 6.20 Å². The van der Waals surface area contributed by atoms with Crippen molar-refractivity contribution in [2.75, 3.05) is 19.6 Å². The normalized spacial score (nSPS) is 26.7. The second-order valence-corrected chi connectivity index (χ2v) is 6.06. The van der Waals surface area contributed by atoms with E-state index in [2.05, 4.69) is 34.3 Å². The summed E-state index contributed by atoms with van der Waals surface area (Å²) < 4.78 is 0. The van der Waals surface area contributed by atoms with Crippen LogP contribution in [0.3, 0.4) is 0 Å². The van der Waals surface area contributed by atoms with Crippen molar-refractivity contribution < 1.29 is 4.79 Å². The Hall–Kier alpha value is -1.49. The summed E-state index contributed by atoms with van der Waals surface area (Å²) in [6.45, 7) is 7.36. The molecule has 0 aromatic carbocycles. The van der Waals surface area contributed by atoms with E-state index in [0.717, 1.165) is 25.2 Å². The number of likely N-dealkylation sites (tertiary alicyclic amines) is 1. The maximum absolute atomic E-state index is 12.3. The third-order valence-electron chi connectivity index (χ3n) is 4.41. The Morgan fingerprint density at radius 3 is 2.90 bits per heavy atom. The molecule has 1 amide bonds. The van der Waals surface area contributed by atoms with E-state index in [0.29, 0.717) is 17.5 Å². The lowest BCUT2D eigenvalue weighted by molar-refractivity contribution is 0.0925. The SMILES string of the molecule is CCN1C[C@H](C)[C@H](NC(=O)c2cc(C3CC3)cnn2)C1. The molecule has 2 fully saturated rings. The molecule has 5 heteroatoms. The van der Waals surface area contributed by atoms with Gasteiger partial charge < -0.3 is 10.2 Å². The van der Waals surface area contributed by atoms with Crippen LogP contribution in [0.4, 0.5) is 0 Å². The predicted molar refractivity (Wildman–Crippen MR) is 76.5 cm³/mol. The molecule has 1 N–H and O–H groups in total. The molecular formula is C15H22N4O. The predicted octanol–water partition coefficient (Wildman–Crippen LogP) is 1.42. The van der Waals surface area contributed by atoms with Crippen molar-refractivity contribution in [1.29, 1.82) is 0 Å². The second kappa shape index (κ2) is 5.48. The minimum Gasteiger partial charge on any atom is -0.346 e.